The van der Waals surface area contributed by atoms with Crippen LogP contribution in [0.15, 0.2) is 30.0 Å². The second kappa shape index (κ2) is 4.69. The average Bonchev–Trinajstić information content (AvgIpc) is 2.78. The van der Waals surface area contributed by atoms with Crippen LogP contribution in [0.25, 0.3) is 11.6 Å². The van der Waals surface area contributed by atoms with Crippen LogP contribution in [-0.4, -0.2) is 9.97 Å². The third-order valence-electron chi connectivity index (χ3n) is 2.07. The average molecular weight is 227 g/mol. The molecule has 2 aromatic heterocycles. The van der Waals surface area contributed by atoms with E-state index in [1.165, 1.54) is 0 Å². The van der Waals surface area contributed by atoms with Gasteiger partial charge in [0, 0.05) is 22.7 Å². The van der Waals surface area contributed by atoms with Crippen molar-refractivity contribution >= 4 is 23.0 Å². The van der Waals surface area contributed by atoms with Crippen LogP contribution in [0.2, 0.25) is 0 Å². The van der Waals surface area contributed by atoms with Crippen LogP contribution in [0.5, 0.6) is 0 Å². The highest BCUT2D eigenvalue weighted by Crippen LogP contribution is 2.20. The SMILES string of the molecule is CC(=Cc1cc(C#N)cs1)c1cnccn1. The zero-order valence-electron chi connectivity index (χ0n) is 8.71. The lowest BCUT2D eigenvalue weighted by molar-refractivity contribution is 1.17. The molecule has 0 saturated carbocycles. The van der Waals surface area contributed by atoms with Crippen LogP contribution in [0.4, 0.5) is 0 Å². The first-order valence-electron chi connectivity index (χ1n) is 4.73. The summed E-state index contributed by atoms with van der Waals surface area (Å²) >= 11 is 1.55. The lowest BCUT2D eigenvalue weighted by Crippen LogP contribution is -1.85. The van der Waals surface area contributed by atoms with E-state index in [0.717, 1.165) is 16.1 Å². The van der Waals surface area contributed by atoms with Gasteiger partial charge in [-0.05, 0) is 24.6 Å². The van der Waals surface area contributed by atoms with Gasteiger partial charge in [-0.25, -0.2) is 0 Å². The van der Waals surface area contributed by atoms with Crippen molar-refractivity contribution in [1.29, 1.82) is 5.26 Å². The molecule has 16 heavy (non-hydrogen) atoms. The van der Waals surface area contributed by atoms with E-state index in [0.29, 0.717) is 5.56 Å². The molecular formula is C12H9N3S. The zero-order chi connectivity index (χ0) is 11.4. The summed E-state index contributed by atoms with van der Waals surface area (Å²) < 4.78 is 0. The van der Waals surface area contributed by atoms with Gasteiger partial charge in [-0.15, -0.1) is 11.3 Å². The molecule has 0 aromatic carbocycles. The highest BCUT2D eigenvalue weighted by atomic mass is 32.1. The molecule has 0 N–H and O–H groups in total. The van der Waals surface area contributed by atoms with Crippen molar-refractivity contribution in [2.45, 2.75) is 6.92 Å². The summed E-state index contributed by atoms with van der Waals surface area (Å²) in [6.45, 7) is 1.98. The van der Waals surface area contributed by atoms with Gasteiger partial charge in [-0.1, -0.05) is 0 Å². The van der Waals surface area contributed by atoms with Crippen LogP contribution < -0.4 is 0 Å². The second-order valence-electron chi connectivity index (χ2n) is 3.27. The second-order valence-corrected chi connectivity index (χ2v) is 4.21. The van der Waals surface area contributed by atoms with Gasteiger partial charge in [0.1, 0.15) is 6.07 Å². The lowest BCUT2D eigenvalue weighted by Gasteiger charge is -1.97. The Bertz CT molecular complexity index is 549. The minimum absolute atomic E-state index is 0.697. The molecular weight excluding hydrogens is 218 g/mol. The Hall–Kier alpha value is -1.99. The van der Waals surface area contributed by atoms with Gasteiger partial charge in [0.2, 0.25) is 0 Å². The normalized spacial score (nSPS) is 11.1. The van der Waals surface area contributed by atoms with E-state index in [1.807, 2.05) is 24.4 Å². The lowest BCUT2D eigenvalue weighted by atomic mass is 10.2. The summed E-state index contributed by atoms with van der Waals surface area (Å²) in [6.07, 6.45) is 7.05. The molecule has 2 rings (SSSR count). The Labute approximate surface area is 97.7 Å². The van der Waals surface area contributed by atoms with Gasteiger partial charge in [-0.3, -0.25) is 9.97 Å². The third kappa shape index (κ3) is 2.33. The van der Waals surface area contributed by atoms with Crippen LogP contribution >= 0.6 is 11.3 Å². The first-order chi connectivity index (χ1) is 7.79. The molecule has 0 unspecified atom stereocenters. The van der Waals surface area contributed by atoms with E-state index >= 15 is 0 Å². The number of hydrogen-bond acceptors (Lipinski definition) is 4. The Morgan fingerprint density at radius 1 is 1.50 bits per heavy atom. The summed E-state index contributed by atoms with van der Waals surface area (Å²) in [5.41, 5.74) is 2.59. The van der Waals surface area contributed by atoms with Gasteiger partial charge in [0.05, 0.1) is 17.5 Å². The van der Waals surface area contributed by atoms with Crippen molar-refractivity contribution in [2.75, 3.05) is 0 Å². The first-order valence-corrected chi connectivity index (χ1v) is 5.61. The van der Waals surface area contributed by atoms with Gasteiger partial charge in [0.15, 0.2) is 0 Å². The fourth-order valence-corrected chi connectivity index (χ4v) is 2.10. The molecule has 0 aliphatic heterocycles. The maximum absolute atomic E-state index is 8.72. The maximum atomic E-state index is 8.72. The molecule has 0 radical (unpaired) electrons. The highest BCUT2D eigenvalue weighted by molar-refractivity contribution is 7.11. The molecule has 2 aromatic rings. The van der Waals surface area contributed by atoms with E-state index in [2.05, 4.69) is 16.0 Å². The molecule has 4 heteroatoms. The Kier molecular flexibility index (Phi) is 3.08. The predicted molar refractivity (Wildman–Crippen MR) is 64.6 cm³/mol. The molecule has 0 amide bonds. The van der Waals surface area contributed by atoms with Gasteiger partial charge < -0.3 is 0 Å². The topological polar surface area (TPSA) is 49.6 Å². The minimum atomic E-state index is 0.697. The number of nitrogens with zero attached hydrogens (tertiary/aromatic N) is 3. The van der Waals surface area contributed by atoms with E-state index in [9.17, 15) is 0 Å². The van der Waals surface area contributed by atoms with Crippen LogP contribution in [0.3, 0.4) is 0 Å². The molecule has 0 spiro atoms. The van der Waals surface area contributed by atoms with Crippen molar-refractivity contribution in [3.63, 3.8) is 0 Å². The van der Waals surface area contributed by atoms with Crippen molar-refractivity contribution in [3.8, 4) is 6.07 Å². The number of allylic oxidation sites excluding steroid dienone is 1. The minimum Gasteiger partial charge on any atom is -0.261 e. The predicted octanol–water partition coefficient (Wildman–Crippen LogP) is 2.97. The Morgan fingerprint density at radius 3 is 3.00 bits per heavy atom. The number of thiophene rings is 1. The number of hydrogen-bond donors (Lipinski definition) is 0. The number of rotatable bonds is 2. The molecule has 78 valence electrons. The Morgan fingerprint density at radius 2 is 2.38 bits per heavy atom. The summed E-state index contributed by atoms with van der Waals surface area (Å²) in [5.74, 6) is 0. The van der Waals surface area contributed by atoms with Crippen LogP contribution in [0, 0.1) is 11.3 Å². The van der Waals surface area contributed by atoms with Gasteiger partial charge >= 0.3 is 0 Å². The smallest absolute Gasteiger partial charge is 0.100 e. The fourth-order valence-electron chi connectivity index (χ4n) is 1.28. The molecule has 0 bridgehead atoms. The van der Waals surface area contributed by atoms with Crippen molar-refractivity contribution in [2.24, 2.45) is 0 Å². The Balaban J connectivity index is 2.28. The largest absolute Gasteiger partial charge is 0.261 e. The maximum Gasteiger partial charge on any atom is 0.100 e. The van der Waals surface area contributed by atoms with Crippen molar-refractivity contribution in [3.05, 3.63) is 46.2 Å². The van der Waals surface area contributed by atoms with Crippen LogP contribution in [0.1, 0.15) is 23.1 Å². The molecule has 0 aliphatic carbocycles. The van der Waals surface area contributed by atoms with E-state index in [1.54, 1.807) is 29.9 Å². The molecule has 2 heterocycles. The molecule has 3 nitrogen and oxygen atoms in total. The highest BCUT2D eigenvalue weighted by Gasteiger charge is 1.99. The zero-order valence-corrected chi connectivity index (χ0v) is 9.53. The van der Waals surface area contributed by atoms with Gasteiger partial charge in [-0.2, -0.15) is 5.26 Å². The van der Waals surface area contributed by atoms with E-state index in [-0.39, 0.29) is 0 Å². The summed E-state index contributed by atoms with van der Waals surface area (Å²) in [7, 11) is 0. The van der Waals surface area contributed by atoms with Crippen molar-refractivity contribution in [1.82, 2.24) is 9.97 Å². The fraction of sp³-hybridized carbons (Fsp3) is 0.0833. The van der Waals surface area contributed by atoms with E-state index < -0.39 is 0 Å². The molecule has 0 atom stereocenters. The molecule has 0 saturated heterocycles. The van der Waals surface area contributed by atoms with E-state index in [4.69, 9.17) is 5.26 Å². The third-order valence-corrected chi connectivity index (χ3v) is 2.95. The van der Waals surface area contributed by atoms with Gasteiger partial charge in [0.25, 0.3) is 0 Å². The number of nitriles is 1. The van der Waals surface area contributed by atoms with Crippen LogP contribution in [-0.2, 0) is 0 Å². The monoisotopic (exact) mass is 227 g/mol. The standard InChI is InChI=1S/C12H9N3S/c1-9(12-7-14-2-3-15-12)4-11-5-10(6-13)8-16-11/h2-5,7-8H,1H3. The quantitative estimate of drug-likeness (QED) is 0.792. The van der Waals surface area contributed by atoms with Crippen molar-refractivity contribution < 1.29 is 0 Å². The summed E-state index contributed by atoms with van der Waals surface area (Å²) in [4.78, 5) is 9.28. The first kappa shape index (κ1) is 10.5. The summed E-state index contributed by atoms with van der Waals surface area (Å²) in [6, 6.07) is 3.98. The molecule has 0 fully saturated rings. The number of aromatic nitrogens is 2. The summed E-state index contributed by atoms with van der Waals surface area (Å²) in [5, 5.41) is 10.6. The molecule has 0 aliphatic rings.